The van der Waals surface area contributed by atoms with Gasteiger partial charge in [0.1, 0.15) is 0 Å². The first-order valence-corrected chi connectivity index (χ1v) is 10.4. The lowest BCUT2D eigenvalue weighted by Gasteiger charge is -2.08. The van der Waals surface area contributed by atoms with Gasteiger partial charge in [-0.3, -0.25) is 4.79 Å². The van der Waals surface area contributed by atoms with Gasteiger partial charge in [0.15, 0.2) is 0 Å². The minimum Gasteiger partial charge on any atom is -0.416 e. The van der Waals surface area contributed by atoms with Crippen molar-refractivity contribution < 1.29 is 9.21 Å². The van der Waals surface area contributed by atoms with E-state index in [2.05, 4.69) is 50.5 Å². The number of hydrogen-bond donors (Lipinski definition) is 1. The summed E-state index contributed by atoms with van der Waals surface area (Å²) in [6, 6.07) is 15.9. The van der Waals surface area contributed by atoms with Gasteiger partial charge in [-0.25, -0.2) is 0 Å². The van der Waals surface area contributed by atoms with Gasteiger partial charge >= 0.3 is 0 Å². The number of nitrogens with zero attached hydrogens (tertiary/aromatic N) is 2. The number of anilines is 1. The SMILES string of the molecule is Cc1cc(NC(=O)CSc2nnc(CC(C)c3ccccc3)o2)ccc1Br. The van der Waals surface area contributed by atoms with Crippen LogP contribution in [-0.4, -0.2) is 21.9 Å². The Morgan fingerprint density at radius 2 is 2.00 bits per heavy atom. The molecule has 1 heterocycles. The van der Waals surface area contributed by atoms with Gasteiger partial charge in [-0.1, -0.05) is 64.9 Å². The van der Waals surface area contributed by atoms with E-state index in [1.807, 2.05) is 43.3 Å². The quantitative estimate of drug-likeness (QED) is 0.504. The Morgan fingerprint density at radius 1 is 1.22 bits per heavy atom. The second-order valence-electron chi connectivity index (χ2n) is 6.28. The second kappa shape index (κ2) is 9.19. The molecule has 0 aliphatic rings. The van der Waals surface area contributed by atoms with Crippen molar-refractivity contribution in [3.63, 3.8) is 0 Å². The molecule has 0 radical (unpaired) electrons. The van der Waals surface area contributed by atoms with Crippen LogP contribution in [0.25, 0.3) is 0 Å². The molecule has 2 aromatic carbocycles. The average Bonchev–Trinajstić information content (AvgIpc) is 3.11. The number of carbonyl (C=O) groups is 1. The normalized spacial score (nSPS) is 12.0. The topological polar surface area (TPSA) is 68.0 Å². The molecule has 27 heavy (non-hydrogen) atoms. The predicted molar refractivity (Wildman–Crippen MR) is 111 cm³/mol. The summed E-state index contributed by atoms with van der Waals surface area (Å²) < 4.78 is 6.68. The molecular weight excluding hydrogens is 426 g/mol. The van der Waals surface area contributed by atoms with Gasteiger partial charge in [-0.2, -0.15) is 0 Å². The molecule has 3 rings (SSSR count). The van der Waals surface area contributed by atoms with Crippen molar-refractivity contribution in [2.24, 2.45) is 0 Å². The Kier molecular flexibility index (Phi) is 6.68. The van der Waals surface area contributed by atoms with E-state index in [1.54, 1.807) is 0 Å². The zero-order valence-corrected chi connectivity index (χ0v) is 17.5. The van der Waals surface area contributed by atoms with Gasteiger partial charge in [0.25, 0.3) is 5.22 Å². The van der Waals surface area contributed by atoms with E-state index in [0.29, 0.717) is 17.5 Å². The number of amides is 1. The highest BCUT2D eigenvalue weighted by Gasteiger charge is 2.14. The summed E-state index contributed by atoms with van der Waals surface area (Å²) in [4.78, 5) is 12.1. The lowest BCUT2D eigenvalue weighted by Crippen LogP contribution is -2.14. The maximum Gasteiger partial charge on any atom is 0.277 e. The van der Waals surface area contributed by atoms with Crippen LogP contribution < -0.4 is 5.32 Å². The number of nitrogens with one attached hydrogen (secondary N) is 1. The van der Waals surface area contributed by atoms with E-state index >= 15 is 0 Å². The Balaban J connectivity index is 1.50. The molecule has 1 aromatic heterocycles. The molecule has 5 nitrogen and oxygen atoms in total. The Bertz CT molecular complexity index is 915. The molecule has 140 valence electrons. The molecule has 0 spiro atoms. The van der Waals surface area contributed by atoms with Gasteiger partial charge in [-0.15, -0.1) is 10.2 Å². The van der Waals surface area contributed by atoms with Crippen molar-refractivity contribution >= 4 is 39.3 Å². The van der Waals surface area contributed by atoms with E-state index < -0.39 is 0 Å². The fourth-order valence-electron chi connectivity index (χ4n) is 2.59. The number of thioether (sulfide) groups is 1. The van der Waals surface area contributed by atoms with Gasteiger partial charge in [0, 0.05) is 16.6 Å². The summed E-state index contributed by atoms with van der Waals surface area (Å²) in [6.07, 6.45) is 0.669. The third-order valence-corrected chi connectivity index (χ3v) is 5.77. The second-order valence-corrected chi connectivity index (χ2v) is 8.06. The van der Waals surface area contributed by atoms with Crippen LogP contribution in [-0.2, 0) is 11.2 Å². The largest absolute Gasteiger partial charge is 0.416 e. The van der Waals surface area contributed by atoms with E-state index in [0.717, 1.165) is 15.7 Å². The first kappa shape index (κ1) is 19.6. The summed E-state index contributed by atoms with van der Waals surface area (Å²) in [5.74, 6) is 0.968. The van der Waals surface area contributed by atoms with Crippen LogP contribution in [0.1, 0.15) is 29.9 Å². The monoisotopic (exact) mass is 445 g/mol. The summed E-state index contributed by atoms with van der Waals surface area (Å²) in [5, 5.41) is 11.4. The van der Waals surface area contributed by atoms with Crippen molar-refractivity contribution in [1.82, 2.24) is 10.2 Å². The summed E-state index contributed by atoms with van der Waals surface area (Å²) >= 11 is 4.68. The first-order valence-electron chi connectivity index (χ1n) is 8.57. The van der Waals surface area contributed by atoms with Crippen LogP contribution >= 0.6 is 27.7 Å². The third kappa shape index (κ3) is 5.68. The fourth-order valence-corrected chi connectivity index (χ4v) is 3.41. The molecular formula is C20H20BrN3O2S. The molecule has 1 N–H and O–H groups in total. The van der Waals surface area contributed by atoms with Crippen LogP contribution in [0.5, 0.6) is 0 Å². The lowest BCUT2D eigenvalue weighted by molar-refractivity contribution is -0.113. The molecule has 0 bridgehead atoms. The number of aryl methyl sites for hydroxylation is 1. The van der Waals surface area contributed by atoms with E-state index in [4.69, 9.17) is 4.42 Å². The third-order valence-electron chi connectivity index (χ3n) is 4.07. The minimum absolute atomic E-state index is 0.112. The van der Waals surface area contributed by atoms with Crippen LogP contribution in [0.4, 0.5) is 5.69 Å². The van der Waals surface area contributed by atoms with Crippen molar-refractivity contribution in [3.05, 3.63) is 70.0 Å². The standard InChI is InChI=1S/C20H20BrN3O2S/c1-13(15-6-4-3-5-7-15)11-19-23-24-20(26-19)27-12-18(25)22-16-8-9-17(21)14(2)10-16/h3-10,13H,11-12H2,1-2H3,(H,22,25). The minimum atomic E-state index is -0.112. The molecule has 0 aliphatic heterocycles. The van der Waals surface area contributed by atoms with Gasteiger partial charge in [-0.05, 0) is 42.2 Å². The molecule has 0 fully saturated rings. The number of carbonyl (C=O) groups excluding carboxylic acids is 1. The van der Waals surface area contributed by atoms with E-state index in [9.17, 15) is 4.79 Å². The van der Waals surface area contributed by atoms with Crippen LogP contribution in [0.3, 0.4) is 0 Å². The number of benzene rings is 2. The van der Waals surface area contributed by atoms with Crippen molar-refractivity contribution in [3.8, 4) is 0 Å². The summed E-state index contributed by atoms with van der Waals surface area (Å²) in [7, 11) is 0. The highest BCUT2D eigenvalue weighted by atomic mass is 79.9. The van der Waals surface area contributed by atoms with Crippen LogP contribution in [0.15, 0.2) is 62.6 Å². The maximum atomic E-state index is 12.1. The highest BCUT2D eigenvalue weighted by Crippen LogP contribution is 2.23. The summed E-state index contributed by atoms with van der Waals surface area (Å²) in [6.45, 7) is 4.10. The fraction of sp³-hybridized carbons (Fsp3) is 0.250. The zero-order chi connectivity index (χ0) is 19.2. The van der Waals surface area contributed by atoms with Crippen molar-refractivity contribution in [1.29, 1.82) is 0 Å². The molecule has 0 aliphatic carbocycles. The maximum absolute atomic E-state index is 12.1. The molecule has 1 unspecified atom stereocenters. The van der Waals surface area contributed by atoms with Gasteiger partial charge < -0.3 is 9.73 Å². The molecule has 0 saturated heterocycles. The first-order chi connectivity index (χ1) is 13.0. The molecule has 3 aromatic rings. The Morgan fingerprint density at radius 3 is 2.74 bits per heavy atom. The van der Waals surface area contributed by atoms with Gasteiger partial charge in [0.05, 0.1) is 5.75 Å². The number of hydrogen-bond acceptors (Lipinski definition) is 5. The number of halogens is 1. The zero-order valence-electron chi connectivity index (χ0n) is 15.1. The molecule has 0 saturated carbocycles. The molecule has 7 heteroatoms. The van der Waals surface area contributed by atoms with E-state index in [1.165, 1.54) is 17.3 Å². The Hall–Kier alpha value is -2.12. The Labute approximate surface area is 171 Å². The molecule has 1 atom stereocenters. The van der Waals surface area contributed by atoms with E-state index in [-0.39, 0.29) is 17.6 Å². The van der Waals surface area contributed by atoms with Crippen molar-refractivity contribution in [2.45, 2.75) is 31.4 Å². The van der Waals surface area contributed by atoms with Crippen molar-refractivity contribution in [2.75, 3.05) is 11.1 Å². The number of aromatic nitrogens is 2. The lowest BCUT2D eigenvalue weighted by atomic mass is 9.98. The summed E-state index contributed by atoms with van der Waals surface area (Å²) in [5.41, 5.74) is 3.06. The van der Waals surface area contributed by atoms with Crippen LogP contribution in [0.2, 0.25) is 0 Å². The highest BCUT2D eigenvalue weighted by molar-refractivity contribution is 9.10. The number of rotatable bonds is 7. The average molecular weight is 446 g/mol. The van der Waals surface area contributed by atoms with Gasteiger partial charge in [0.2, 0.25) is 11.8 Å². The molecule has 1 amide bonds. The smallest absolute Gasteiger partial charge is 0.277 e. The van der Waals surface area contributed by atoms with Crippen LogP contribution in [0, 0.1) is 6.92 Å². The predicted octanol–water partition coefficient (Wildman–Crippen LogP) is 5.22.